The van der Waals surface area contributed by atoms with Gasteiger partial charge in [-0.1, -0.05) is 0 Å². The minimum absolute atomic E-state index is 0.0324. The molecule has 0 aliphatic carbocycles. The number of hydrogen-bond acceptors (Lipinski definition) is 6. The number of H-pyrrole nitrogens is 1. The van der Waals surface area contributed by atoms with Crippen LogP contribution in [0.25, 0.3) is 10.2 Å². The molecule has 0 unspecified atom stereocenters. The highest BCUT2D eigenvalue weighted by atomic mass is 32.2. The quantitative estimate of drug-likeness (QED) is 0.794. The average molecular weight is 368 g/mol. The highest BCUT2D eigenvalue weighted by Crippen LogP contribution is 2.26. The number of carbonyl (C=O) groups excluding carboxylic acids is 2. The lowest BCUT2D eigenvalue weighted by Gasteiger charge is -2.15. The summed E-state index contributed by atoms with van der Waals surface area (Å²) < 4.78 is 0. The third kappa shape index (κ3) is 4.15. The lowest BCUT2D eigenvalue weighted by atomic mass is 10.2. The maximum absolute atomic E-state index is 12.2. The number of aryl methyl sites for hydroxylation is 2. The van der Waals surface area contributed by atoms with Crippen LogP contribution in [-0.2, 0) is 15.3 Å². The van der Waals surface area contributed by atoms with Gasteiger partial charge in [0.1, 0.15) is 10.7 Å². The molecular weight excluding hydrogens is 348 g/mol. The van der Waals surface area contributed by atoms with Crippen molar-refractivity contribution in [2.75, 3.05) is 26.4 Å². The Morgan fingerprint density at radius 2 is 2.08 bits per heavy atom. The number of nitrogens with zero attached hydrogens (tertiary/aromatic N) is 2. The topological polar surface area (TPSA) is 95.2 Å². The molecule has 24 heavy (non-hydrogen) atoms. The fourth-order valence-corrected chi connectivity index (χ4v) is 3.97. The maximum atomic E-state index is 12.2. The molecule has 130 valence electrons. The van der Waals surface area contributed by atoms with Gasteiger partial charge in [0.2, 0.25) is 11.8 Å². The van der Waals surface area contributed by atoms with Crippen LogP contribution in [0.2, 0.25) is 0 Å². The van der Waals surface area contributed by atoms with Crippen molar-refractivity contribution in [2.24, 2.45) is 0 Å². The molecule has 2 aromatic rings. The van der Waals surface area contributed by atoms with Gasteiger partial charge in [-0.05, 0) is 19.4 Å². The van der Waals surface area contributed by atoms with E-state index in [1.54, 1.807) is 7.05 Å². The Labute approximate surface area is 147 Å². The van der Waals surface area contributed by atoms with Crippen LogP contribution in [-0.4, -0.2) is 53.1 Å². The monoisotopic (exact) mass is 368 g/mol. The van der Waals surface area contributed by atoms with Gasteiger partial charge >= 0.3 is 0 Å². The van der Waals surface area contributed by atoms with Crippen LogP contribution in [0.5, 0.6) is 0 Å². The molecule has 0 aliphatic rings. The second kappa shape index (κ2) is 7.80. The van der Waals surface area contributed by atoms with E-state index in [1.807, 2.05) is 13.8 Å². The summed E-state index contributed by atoms with van der Waals surface area (Å²) in [4.78, 5) is 45.8. The lowest BCUT2D eigenvalue weighted by molar-refractivity contribution is -0.132. The smallest absolute Gasteiger partial charge is 0.259 e. The Balaban J connectivity index is 1.98. The van der Waals surface area contributed by atoms with Crippen molar-refractivity contribution in [2.45, 2.75) is 19.6 Å². The van der Waals surface area contributed by atoms with Crippen molar-refractivity contribution in [3.63, 3.8) is 0 Å². The zero-order valence-electron chi connectivity index (χ0n) is 14.1. The molecular formula is C15H20N4O3S2. The van der Waals surface area contributed by atoms with Gasteiger partial charge in [-0.3, -0.25) is 14.4 Å². The summed E-state index contributed by atoms with van der Waals surface area (Å²) in [6.07, 6.45) is 0. The largest absolute Gasteiger partial charge is 0.358 e. The number of aromatic nitrogens is 2. The van der Waals surface area contributed by atoms with Crippen LogP contribution < -0.4 is 10.9 Å². The summed E-state index contributed by atoms with van der Waals surface area (Å²) in [6, 6.07) is 0. The lowest BCUT2D eigenvalue weighted by Crippen LogP contribution is -2.37. The van der Waals surface area contributed by atoms with Crippen LogP contribution >= 0.6 is 23.1 Å². The summed E-state index contributed by atoms with van der Waals surface area (Å²) in [6.45, 7) is 3.92. The fraction of sp³-hybridized carbons (Fsp3) is 0.467. The zero-order valence-corrected chi connectivity index (χ0v) is 15.7. The van der Waals surface area contributed by atoms with Gasteiger partial charge in [0, 0.05) is 19.0 Å². The zero-order chi connectivity index (χ0) is 17.9. The van der Waals surface area contributed by atoms with E-state index in [-0.39, 0.29) is 29.7 Å². The van der Waals surface area contributed by atoms with E-state index in [1.165, 1.54) is 35.0 Å². The predicted molar refractivity (Wildman–Crippen MR) is 97.6 cm³/mol. The highest BCUT2D eigenvalue weighted by molar-refractivity contribution is 7.99. The molecule has 0 atom stereocenters. The molecule has 0 radical (unpaired) electrons. The summed E-state index contributed by atoms with van der Waals surface area (Å²) in [7, 11) is 3.11. The number of likely N-dealkylation sites (N-methyl/N-ethyl adjacent to an activating group) is 2. The van der Waals surface area contributed by atoms with E-state index in [0.29, 0.717) is 17.0 Å². The summed E-state index contributed by atoms with van der Waals surface area (Å²) >= 11 is 2.86. The van der Waals surface area contributed by atoms with Crippen LogP contribution in [0.1, 0.15) is 16.3 Å². The molecule has 0 aromatic carbocycles. The molecule has 0 aliphatic heterocycles. The standard InChI is InChI=1S/C15H20N4O3S2/c1-8-9(2)24-15-13(8)14(22)17-10(18-15)6-23-7-12(21)19(4)5-11(20)16-3/h5-7H2,1-4H3,(H,16,20)(H,17,18,22). The molecule has 2 heterocycles. The average Bonchev–Trinajstić information content (AvgIpc) is 2.81. The molecule has 0 fully saturated rings. The van der Waals surface area contributed by atoms with Gasteiger partial charge < -0.3 is 15.2 Å². The third-order valence-corrected chi connectivity index (χ3v) is 5.67. The molecule has 0 saturated carbocycles. The first kappa shape index (κ1) is 18.5. The second-order valence-corrected chi connectivity index (χ2v) is 7.58. The van der Waals surface area contributed by atoms with E-state index in [4.69, 9.17) is 0 Å². The number of rotatable bonds is 6. The second-order valence-electron chi connectivity index (χ2n) is 5.39. The third-order valence-electron chi connectivity index (χ3n) is 3.64. The minimum Gasteiger partial charge on any atom is -0.358 e. The summed E-state index contributed by atoms with van der Waals surface area (Å²) in [5, 5.41) is 3.12. The van der Waals surface area contributed by atoms with Crippen molar-refractivity contribution in [3.05, 3.63) is 26.6 Å². The van der Waals surface area contributed by atoms with E-state index in [0.717, 1.165) is 15.3 Å². The van der Waals surface area contributed by atoms with Gasteiger partial charge in [-0.25, -0.2) is 4.98 Å². The number of fused-ring (bicyclic) bond motifs is 1. The molecule has 2 rings (SSSR count). The van der Waals surface area contributed by atoms with Crippen molar-refractivity contribution in [3.8, 4) is 0 Å². The summed E-state index contributed by atoms with van der Waals surface area (Å²) in [5.41, 5.74) is 0.828. The van der Waals surface area contributed by atoms with E-state index in [2.05, 4.69) is 15.3 Å². The minimum atomic E-state index is -0.212. The van der Waals surface area contributed by atoms with Crippen molar-refractivity contribution >= 4 is 45.1 Å². The summed E-state index contributed by atoms with van der Waals surface area (Å²) in [5.74, 6) is 0.851. The SMILES string of the molecule is CNC(=O)CN(C)C(=O)CSCc1nc2sc(C)c(C)c2c(=O)[nH]1. The Hall–Kier alpha value is -1.87. The first-order chi connectivity index (χ1) is 11.3. The molecule has 7 nitrogen and oxygen atoms in total. The van der Waals surface area contributed by atoms with E-state index < -0.39 is 0 Å². The molecule has 0 spiro atoms. The highest BCUT2D eigenvalue weighted by Gasteiger charge is 2.14. The normalized spacial score (nSPS) is 10.8. The van der Waals surface area contributed by atoms with Crippen LogP contribution in [0, 0.1) is 13.8 Å². The van der Waals surface area contributed by atoms with Crippen molar-refractivity contribution < 1.29 is 9.59 Å². The Kier molecular flexibility index (Phi) is 6.00. The number of carbonyl (C=O) groups is 2. The molecule has 2 amide bonds. The molecule has 0 saturated heterocycles. The predicted octanol–water partition coefficient (Wildman–Crippen LogP) is 1.04. The van der Waals surface area contributed by atoms with E-state index >= 15 is 0 Å². The number of nitrogens with one attached hydrogen (secondary N) is 2. The number of hydrogen-bond donors (Lipinski definition) is 2. The number of amides is 2. The van der Waals surface area contributed by atoms with Crippen molar-refractivity contribution in [1.29, 1.82) is 0 Å². The Morgan fingerprint density at radius 1 is 1.38 bits per heavy atom. The molecule has 2 N–H and O–H groups in total. The fourth-order valence-electron chi connectivity index (χ4n) is 2.10. The number of aromatic amines is 1. The molecule has 2 aromatic heterocycles. The van der Waals surface area contributed by atoms with Gasteiger partial charge in [0.05, 0.1) is 23.4 Å². The van der Waals surface area contributed by atoms with Gasteiger partial charge in [0.25, 0.3) is 5.56 Å². The van der Waals surface area contributed by atoms with Gasteiger partial charge in [-0.15, -0.1) is 23.1 Å². The first-order valence-corrected chi connectivity index (χ1v) is 9.31. The van der Waals surface area contributed by atoms with Crippen molar-refractivity contribution in [1.82, 2.24) is 20.2 Å². The Bertz CT molecular complexity index is 828. The number of thiophene rings is 1. The maximum Gasteiger partial charge on any atom is 0.259 e. The van der Waals surface area contributed by atoms with Gasteiger partial charge in [0.15, 0.2) is 0 Å². The van der Waals surface area contributed by atoms with Crippen LogP contribution in [0.4, 0.5) is 0 Å². The van der Waals surface area contributed by atoms with Crippen LogP contribution in [0.15, 0.2) is 4.79 Å². The Morgan fingerprint density at radius 3 is 2.75 bits per heavy atom. The van der Waals surface area contributed by atoms with Gasteiger partial charge in [-0.2, -0.15) is 0 Å². The van der Waals surface area contributed by atoms with Crippen LogP contribution in [0.3, 0.4) is 0 Å². The number of thioether (sulfide) groups is 1. The molecule has 9 heteroatoms. The first-order valence-electron chi connectivity index (χ1n) is 7.34. The molecule has 0 bridgehead atoms. The van der Waals surface area contributed by atoms with E-state index in [9.17, 15) is 14.4 Å².